The first-order valence-corrected chi connectivity index (χ1v) is 8.11. The van der Waals surface area contributed by atoms with Crippen LogP contribution in [0, 0.1) is 17.8 Å². The molecule has 114 valence electrons. The second kappa shape index (κ2) is 4.49. The van der Waals surface area contributed by atoms with Gasteiger partial charge in [-0.2, -0.15) is 0 Å². The molecule has 0 aromatic carbocycles. The molecule has 4 fully saturated rings. The topological polar surface area (TPSA) is 70.1 Å². The zero-order chi connectivity index (χ0) is 14.6. The number of imidazole rings is 1. The lowest BCUT2D eigenvalue weighted by Crippen LogP contribution is -2.51. The molecule has 4 saturated carbocycles. The fourth-order valence-electron chi connectivity index (χ4n) is 5.45. The van der Waals surface area contributed by atoms with Gasteiger partial charge in [0.1, 0.15) is 5.82 Å². The second-order valence-electron chi connectivity index (χ2n) is 7.21. The third-order valence-corrected chi connectivity index (χ3v) is 5.79. The number of nitrogens with zero attached hydrogens (tertiary/aromatic N) is 2. The summed E-state index contributed by atoms with van der Waals surface area (Å²) in [4.78, 5) is 16.2. The molecule has 5 heteroatoms. The van der Waals surface area contributed by atoms with Crippen molar-refractivity contribution >= 4 is 11.8 Å². The van der Waals surface area contributed by atoms with Crippen LogP contribution in [0.2, 0.25) is 0 Å². The zero-order valence-corrected chi connectivity index (χ0v) is 12.5. The largest absolute Gasteiger partial charge is 0.461 e. The van der Waals surface area contributed by atoms with Gasteiger partial charge in [-0.05, 0) is 63.2 Å². The van der Waals surface area contributed by atoms with Crippen LogP contribution < -0.4 is 5.73 Å². The van der Waals surface area contributed by atoms with Crippen molar-refractivity contribution in [2.75, 3.05) is 12.3 Å². The van der Waals surface area contributed by atoms with Crippen LogP contribution in [0.15, 0.2) is 6.33 Å². The number of carbonyl (C=O) groups excluding carboxylic acids is 1. The van der Waals surface area contributed by atoms with Gasteiger partial charge >= 0.3 is 5.97 Å². The molecule has 1 heterocycles. The Hall–Kier alpha value is -1.52. The molecule has 0 atom stereocenters. The summed E-state index contributed by atoms with van der Waals surface area (Å²) in [5.74, 6) is 2.60. The molecule has 0 saturated heterocycles. The highest BCUT2D eigenvalue weighted by molar-refractivity contribution is 5.92. The van der Waals surface area contributed by atoms with Crippen molar-refractivity contribution in [3.8, 4) is 0 Å². The molecule has 1 aromatic rings. The van der Waals surface area contributed by atoms with Crippen molar-refractivity contribution in [2.24, 2.45) is 17.8 Å². The summed E-state index contributed by atoms with van der Waals surface area (Å²) >= 11 is 0. The van der Waals surface area contributed by atoms with E-state index in [1.54, 1.807) is 13.3 Å². The number of rotatable bonds is 3. The summed E-state index contributed by atoms with van der Waals surface area (Å²) in [6, 6.07) is 0. The van der Waals surface area contributed by atoms with Crippen molar-refractivity contribution in [2.45, 2.75) is 51.0 Å². The predicted octanol–water partition coefficient (Wildman–Crippen LogP) is 2.57. The molecule has 1 aromatic heterocycles. The molecule has 2 N–H and O–H groups in total. The Balaban J connectivity index is 1.69. The first-order chi connectivity index (χ1) is 10.1. The van der Waals surface area contributed by atoms with Crippen LogP contribution in [0.4, 0.5) is 5.82 Å². The van der Waals surface area contributed by atoms with Gasteiger partial charge in [-0.25, -0.2) is 9.78 Å². The molecule has 0 aliphatic heterocycles. The van der Waals surface area contributed by atoms with E-state index in [-0.39, 0.29) is 11.2 Å². The summed E-state index contributed by atoms with van der Waals surface area (Å²) in [7, 11) is 0. The molecule has 5 rings (SSSR count). The summed E-state index contributed by atoms with van der Waals surface area (Å²) in [6.07, 6.45) is 9.52. The highest BCUT2D eigenvalue weighted by Crippen LogP contribution is 2.59. The number of carbonyl (C=O) groups is 1. The van der Waals surface area contributed by atoms with Crippen molar-refractivity contribution in [3.05, 3.63) is 12.0 Å². The Morgan fingerprint density at radius 3 is 2.43 bits per heavy atom. The first kappa shape index (κ1) is 13.2. The third kappa shape index (κ3) is 1.89. The van der Waals surface area contributed by atoms with Gasteiger partial charge in [0.05, 0.1) is 12.9 Å². The van der Waals surface area contributed by atoms with Gasteiger partial charge in [-0.15, -0.1) is 0 Å². The lowest BCUT2D eigenvalue weighted by molar-refractivity contribution is -0.0420. The van der Waals surface area contributed by atoms with Crippen LogP contribution in [-0.4, -0.2) is 22.1 Å². The quantitative estimate of drug-likeness (QED) is 0.868. The van der Waals surface area contributed by atoms with E-state index in [9.17, 15) is 4.79 Å². The third-order valence-electron chi connectivity index (χ3n) is 5.79. The van der Waals surface area contributed by atoms with E-state index in [0.29, 0.717) is 12.4 Å². The molecule has 0 amide bonds. The van der Waals surface area contributed by atoms with Crippen molar-refractivity contribution < 1.29 is 9.53 Å². The van der Waals surface area contributed by atoms with E-state index in [2.05, 4.69) is 9.55 Å². The van der Waals surface area contributed by atoms with Gasteiger partial charge in [0, 0.05) is 5.54 Å². The molecule has 0 spiro atoms. The maximum Gasteiger partial charge on any atom is 0.360 e. The number of hydrogen-bond donors (Lipinski definition) is 1. The van der Waals surface area contributed by atoms with E-state index in [1.807, 2.05) is 0 Å². The van der Waals surface area contributed by atoms with Gasteiger partial charge in [-0.1, -0.05) is 0 Å². The number of esters is 1. The Bertz CT molecular complexity index is 543. The van der Waals surface area contributed by atoms with E-state index >= 15 is 0 Å². The van der Waals surface area contributed by atoms with Crippen molar-refractivity contribution in [1.29, 1.82) is 0 Å². The number of ether oxygens (including phenoxy) is 1. The van der Waals surface area contributed by atoms with Crippen molar-refractivity contribution in [1.82, 2.24) is 9.55 Å². The smallest absolute Gasteiger partial charge is 0.360 e. The fourth-order valence-corrected chi connectivity index (χ4v) is 5.45. The SMILES string of the molecule is CCOC(=O)c1ncn(C23CC4CC(CC(C4)C2)C3)c1N. The van der Waals surface area contributed by atoms with Crippen molar-refractivity contribution in [3.63, 3.8) is 0 Å². The van der Waals surface area contributed by atoms with Gasteiger partial charge < -0.3 is 15.0 Å². The number of nitrogens with two attached hydrogens (primary N) is 1. The zero-order valence-electron chi connectivity index (χ0n) is 12.5. The van der Waals surface area contributed by atoms with Crippen LogP contribution in [0.5, 0.6) is 0 Å². The normalized spacial score (nSPS) is 36.9. The molecule has 4 aliphatic carbocycles. The van der Waals surface area contributed by atoms with E-state index in [1.165, 1.54) is 38.5 Å². The van der Waals surface area contributed by atoms with Gasteiger partial charge in [0.2, 0.25) is 0 Å². The fraction of sp³-hybridized carbons (Fsp3) is 0.750. The average molecular weight is 289 g/mol. The maximum absolute atomic E-state index is 11.9. The van der Waals surface area contributed by atoms with Crippen LogP contribution in [0.25, 0.3) is 0 Å². The highest BCUT2D eigenvalue weighted by Gasteiger charge is 2.52. The summed E-state index contributed by atoms with van der Waals surface area (Å²) in [6.45, 7) is 2.15. The highest BCUT2D eigenvalue weighted by atomic mass is 16.5. The molecule has 0 radical (unpaired) electrons. The predicted molar refractivity (Wildman–Crippen MR) is 78.7 cm³/mol. The second-order valence-corrected chi connectivity index (χ2v) is 7.21. The van der Waals surface area contributed by atoms with Crippen LogP contribution >= 0.6 is 0 Å². The van der Waals surface area contributed by atoms with Gasteiger partial charge in [-0.3, -0.25) is 0 Å². The van der Waals surface area contributed by atoms with Crippen LogP contribution in [0.3, 0.4) is 0 Å². The number of aromatic nitrogens is 2. The lowest BCUT2D eigenvalue weighted by atomic mass is 9.53. The standard InChI is InChI=1S/C16H23N3O2/c1-2-21-15(20)13-14(17)19(9-18-13)16-6-10-3-11(7-16)5-12(4-10)8-16/h9-12H,2-8,17H2,1H3. The Morgan fingerprint density at radius 2 is 1.90 bits per heavy atom. The van der Waals surface area contributed by atoms with E-state index < -0.39 is 5.97 Å². The number of nitrogen functional groups attached to an aromatic ring is 1. The summed E-state index contributed by atoms with van der Waals surface area (Å²) in [5.41, 5.74) is 6.65. The molecule has 4 aliphatic rings. The number of hydrogen-bond acceptors (Lipinski definition) is 4. The molecule has 0 unspecified atom stereocenters. The Morgan fingerprint density at radius 1 is 1.33 bits per heavy atom. The van der Waals surface area contributed by atoms with E-state index in [0.717, 1.165) is 17.8 Å². The van der Waals surface area contributed by atoms with Gasteiger partial charge in [0.15, 0.2) is 5.69 Å². The Kier molecular flexibility index (Phi) is 2.81. The number of anilines is 1. The monoisotopic (exact) mass is 289 g/mol. The first-order valence-electron chi connectivity index (χ1n) is 8.11. The minimum absolute atomic E-state index is 0.108. The summed E-state index contributed by atoms with van der Waals surface area (Å²) < 4.78 is 7.15. The lowest BCUT2D eigenvalue weighted by Gasteiger charge is -2.57. The molecule has 4 bridgehead atoms. The van der Waals surface area contributed by atoms with Gasteiger partial charge in [0.25, 0.3) is 0 Å². The molecular weight excluding hydrogens is 266 g/mol. The van der Waals surface area contributed by atoms with E-state index in [4.69, 9.17) is 10.5 Å². The molecule has 5 nitrogen and oxygen atoms in total. The Labute approximate surface area is 124 Å². The van der Waals surface area contributed by atoms with Crippen LogP contribution in [0.1, 0.15) is 55.9 Å². The molecule has 21 heavy (non-hydrogen) atoms. The maximum atomic E-state index is 11.9. The summed E-state index contributed by atoms with van der Waals surface area (Å²) in [5, 5.41) is 0. The minimum atomic E-state index is -0.404. The average Bonchev–Trinajstić information content (AvgIpc) is 2.80. The molecular formula is C16H23N3O2. The minimum Gasteiger partial charge on any atom is -0.461 e. The van der Waals surface area contributed by atoms with Crippen LogP contribution in [-0.2, 0) is 10.3 Å².